The molecule has 0 saturated heterocycles. The molecule has 5 nitrogen and oxygen atoms in total. The molecular weight excluding hydrogens is 376 g/mol. The minimum absolute atomic E-state index is 0.0431. The van der Waals surface area contributed by atoms with E-state index in [1.165, 1.54) is 0 Å². The summed E-state index contributed by atoms with van der Waals surface area (Å²) in [7, 11) is 1.95. The van der Waals surface area contributed by atoms with Gasteiger partial charge in [-0.1, -0.05) is 54.6 Å². The second kappa shape index (κ2) is 9.01. The number of hydrogen-bond acceptors (Lipinski definition) is 4. The van der Waals surface area contributed by atoms with Crippen molar-refractivity contribution in [2.24, 2.45) is 0 Å². The van der Waals surface area contributed by atoms with Crippen LogP contribution < -0.4 is 14.8 Å². The topological polar surface area (TPSA) is 50.8 Å². The molecule has 0 saturated carbocycles. The second-order valence-electron chi connectivity index (χ2n) is 7.47. The molecule has 1 heterocycles. The summed E-state index contributed by atoms with van der Waals surface area (Å²) < 4.78 is 11.2. The SMILES string of the molecule is C[C@H](C(=O)Nc1ccccc1-c1ccccc1)N(C)Cc1ccc2c(c1)OCCO2. The highest BCUT2D eigenvalue weighted by Gasteiger charge is 2.20. The highest BCUT2D eigenvalue weighted by molar-refractivity contribution is 5.98. The average Bonchev–Trinajstić information content (AvgIpc) is 2.79. The van der Waals surface area contributed by atoms with Crippen molar-refractivity contribution in [2.45, 2.75) is 19.5 Å². The van der Waals surface area contributed by atoms with Gasteiger partial charge in [0.25, 0.3) is 0 Å². The van der Waals surface area contributed by atoms with Crippen molar-refractivity contribution < 1.29 is 14.3 Å². The van der Waals surface area contributed by atoms with Crippen molar-refractivity contribution in [3.63, 3.8) is 0 Å². The van der Waals surface area contributed by atoms with E-state index in [0.29, 0.717) is 19.8 Å². The minimum Gasteiger partial charge on any atom is -0.486 e. The van der Waals surface area contributed by atoms with Gasteiger partial charge in [0.05, 0.1) is 6.04 Å². The van der Waals surface area contributed by atoms with Crippen LogP contribution in [0.1, 0.15) is 12.5 Å². The monoisotopic (exact) mass is 402 g/mol. The van der Waals surface area contributed by atoms with Crippen LogP contribution >= 0.6 is 0 Å². The summed E-state index contributed by atoms with van der Waals surface area (Å²) in [5, 5.41) is 3.10. The van der Waals surface area contributed by atoms with Crippen LogP contribution in [-0.4, -0.2) is 37.1 Å². The van der Waals surface area contributed by atoms with E-state index in [4.69, 9.17) is 9.47 Å². The number of carbonyl (C=O) groups is 1. The molecule has 0 aromatic heterocycles. The molecule has 5 heteroatoms. The first-order valence-electron chi connectivity index (χ1n) is 10.2. The van der Waals surface area contributed by atoms with Crippen molar-refractivity contribution in [3.8, 4) is 22.6 Å². The Morgan fingerprint density at radius 1 is 0.967 bits per heavy atom. The number of hydrogen-bond donors (Lipinski definition) is 1. The molecule has 0 unspecified atom stereocenters. The lowest BCUT2D eigenvalue weighted by atomic mass is 10.0. The van der Waals surface area contributed by atoms with E-state index in [2.05, 4.69) is 5.32 Å². The Morgan fingerprint density at radius 2 is 1.67 bits per heavy atom. The standard InChI is InChI=1S/C25H26N2O3/c1-18(27(2)17-19-12-13-23-24(16-19)30-15-14-29-23)25(28)26-22-11-7-6-10-21(22)20-8-4-3-5-9-20/h3-13,16,18H,14-15,17H2,1-2H3,(H,26,28)/t18-/m1/s1. The number of ether oxygens (including phenoxy) is 2. The number of carbonyl (C=O) groups excluding carboxylic acids is 1. The maximum absolute atomic E-state index is 13.0. The van der Waals surface area contributed by atoms with E-state index in [-0.39, 0.29) is 11.9 Å². The summed E-state index contributed by atoms with van der Waals surface area (Å²) in [6.07, 6.45) is 0. The first-order chi connectivity index (χ1) is 14.6. The quantitative estimate of drug-likeness (QED) is 0.656. The summed E-state index contributed by atoms with van der Waals surface area (Å²) >= 11 is 0. The average molecular weight is 402 g/mol. The summed E-state index contributed by atoms with van der Waals surface area (Å²) in [4.78, 5) is 15.0. The van der Waals surface area contributed by atoms with E-state index in [0.717, 1.165) is 33.9 Å². The summed E-state index contributed by atoms with van der Waals surface area (Å²) in [6.45, 7) is 3.68. The smallest absolute Gasteiger partial charge is 0.241 e. The third-order valence-electron chi connectivity index (χ3n) is 5.35. The van der Waals surface area contributed by atoms with Gasteiger partial charge in [0.15, 0.2) is 11.5 Å². The molecule has 0 bridgehead atoms. The van der Waals surface area contributed by atoms with Crippen molar-refractivity contribution in [1.29, 1.82) is 0 Å². The number of rotatable bonds is 6. The Kier molecular flexibility index (Phi) is 6.00. The van der Waals surface area contributed by atoms with Gasteiger partial charge < -0.3 is 14.8 Å². The molecule has 0 aliphatic carbocycles. The van der Waals surface area contributed by atoms with E-state index in [9.17, 15) is 4.79 Å². The first kappa shape index (κ1) is 20.0. The van der Waals surface area contributed by atoms with Gasteiger partial charge in [0.2, 0.25) is 5.91 Å². The van der Waals surface area contributed by atoms with Crippen LogP contribution in [0.4, 0.5) is 5.69 Å². The number of fused-ring (bicyclic) bond motifs is 1. The fraction of sp³-hybridized carbons (Fsp3) is 0.240. The maximum atomic E-state index is 13.0. The molecule has 1 amide bonds. The molecule has 1 atom stereocenters. The van der Waals surface area contributed by atoms with Crippen LogP contribution in [0, 0.1) is 0 Å². The Morgan fingerprint density at radius 3 is 2.47 bits per heavy atom. The predicted octanol–water partition coefficient (Wildman–Crippen LogP) is 4.58. The second-order valence-corrected chi connectivity index (χ2v) is 7.47. The van der Waals surface area contributed by atoms with Crippen molar-refractivity contribution in [3.05, 3.63) is 78.4 Å². The van der Waals surface area contributed by atoms with E-state index in [1.54, 1.807) is 0 Å². The zero-order chi connectivity index (χ0) is 20.9. The van der Waals surface area contributed by atoms with Crippen molar-refractivity contribution in [2.75, 3.05) is 25.6 Å². The molecule has 0 spiro atoms. The van der Waals surface area contributed by atoms with Crippen LogP contribution in [-0.2, 0) is 11.3 Å². The van der Waals surface area contributed by atoms with Crippen molar-refractivity contribution in [1.82, 2.24) is 4.90 Å². The third-order valence-corrected chi connectivity index (χ3v) is 5.35. The Hall–Kier alpha value is -3.31. The van der Waals surface area contributed by atoms with Gasteiger partial charge in [-0.25, -0.2) is 0 Å². The number of anilines is 1. The van der Waals surface area contributed by atoms with Crippen LogP contribution in [0.3, 0.4) is 0 Å². The summed E-state index contributed by atoms with van der Waals surface area (Å²) in [5.74, 6) is 1.50. The Bertz CT molecular complexity index is 1020. The number of benzene rings is 3. The number of likely N-dealkylation sites (N-methyl/N-ethyl adjacent to an activating group) is 1. The molecule has 3 aromatic rings. The fourth-order valence-electron chi connectivity index (χ4n) is 3.51. The lowest BCUT2D eigenvalue weighted by molar-refractivity contribution is -0.120. The largest absolute Gasteiger partial charge is 0.486 e. The van der Waals surface area contributed by atoms with Crippen LogP contribution in [0.2, 0.25) is 0 Å². The van der Waals surface area contributed by atoms with Crippen LogP contribution in [0.15, 0.2) is 72.8 Å². The highest BCUT2D eigenvalue weighted by atomic mass is 16.6. The summed E-state index contributed by atoms with van der Waals surface area (Å²) in [5.41, 5.74) is 3.97. The Balaban J connectivity index is 1.44. The van der Waals surface area contributed by atoms with Crippen molar-refractivity contribution >= 4 is 11.6 Å². The molecule has 1 aliphatic heterocycles. The number of para-hydroxylation sites is 1. The number of nitrogens with zero attached hydrogens (tertiary/aromatic N) is 1. The van der Waals surface area contributed by atoms with Gasteiger partial charge in [-0.05, 0) is 43.3 Å². The molecule has 4 rings (SSSR count). The lowest BCUT2D eigenvalue weighted by Crippen LogP contribution is -2.39. The number of amides is 1. The van der Waals surface area contributed by atoms with Gasteiger partial charge in [0.1, 0.15) is 13.2 Å². The maximum Gasteiger partial charge on any atom is 0.241 e. The number of nitrogens with one attached hydrogen (secondary N) is 1. The van der Waals surface area contributed by atoms with Gasteiger partial charge in [0, 0.05) is 17.8 Å². The molecule has 1 aliphatic rings. The van der Waals surface area contributed by atoms with Gasteiger partial charge in [-0.3, -0.25) is 9.69 Å². The van der Waals surface area contributed by atoms with E-state index >= 15 is 0 Å². The van der Waals surface area contributed by atoms with Gasteiger partial charge >= 0.3 is 0 Å². The van der Waals surface area contributed by atoms with E-state index < -0.39 is 0 Å². The predicted molar refractivity (Wildman–Crippen MR) is 119 cm³/mol. The molecule has 1 N–H and O–H groups in total. The molecular formula is C25H26N2O3. The lowest BCUT2D eigenvalue weighted by Gasteiger charge is -2.25. The molecule has 154 valence electrons. The van der Waals surface area contributed by atoms with Gasteiger partial charge in [-0.15, -0.1) is 0 Å². The minimum atomic E-state index is -0.304. The first-order valence-corrected chi connectivity index (χ1v) is 10.2. The van der Waals surface area contributed by atoms with Gasteiger partial charge in [-0.2, -0.15) is 0 Å². The van der Waals surface area contributed by atoms with E-state index in [1.807, 2.05) is 91.7 Å². The normalized spacial score (nSPS) is 13.7. The molecule has 0 radical (unpaired) electrons. The highest BCUT2D eigenvalue weighted by Crippen LogP contribution is 2.31. The van der Waals surface area contributed by atoms with Crippen LogP contribution in [0.5, 0.6) is 11.5 Å². The fourth-order valence-corrected chi connectivity index (χ4v) is 3.51. The zero-order valence-corrected chi connectivity index (χ0v) is 17.3. The molecule has 30 heavy (non-hydrogen) atoms. The summed E-state index contributed by atoms with van der Waals surface area (Å²) in [6, 6.07) is 23.6. The Labute approximate surface area is 177 Å². The zero-order valence-electron chi connectivity index (χ0n) is 17.3. The third kappa shape index (κ3) is 4.47. The molecule has 3 aromatic carbocycles. The van der Waals surface area contributed by atoms with Crippen LogP contribution in [0.25, 0.3) is 11.1 Å². The molecule has 0 fully saturated rings.